The van der Waals surface area contributed by atoms with Crippen LogP contribution >= 0.6 is 23.4 Å². The first-order valence-electron chi connectivity index (χ1n) is 4.54. The molecule has 0 spiro atoms. The van der Waals surface area contributed by atoms with Crippen molar-refractivity contribution in [3.05, 3.63) is 23.2 Å². The van der Waals surface area contributed by atoms with Crippen molar-refractivity contribution in [1.82, 2.24) is 0 Å². The summed E-state index contributed by atoms with van der Waals surface area (Å²) in [6.45, 7) is 1.35. The van der Waals surface area contributed by atoms with Crippen LogP contribution in [0.3, 0.4) is 0 Å². The molecule has 0 bridgehead atoms. The van der Waals surface area contributed by atoms with E-state index in [9.17, 15) is 13.6 Å². The van der Waals surface area contributed by atoms with Crippen LogP contribution in [0.5, 0.6) is 5.75 Å². The number of halogens is 3. The van der Waals surface area contributed by atoms with Crippen molar-refractivity contribution in [2.45, 2.75) is 23.7 Å². The van der Waals surface area contributed by atoms with Gasteiger partial charge in [0.25, 0.3) is 5.76 Å². The van der Waals surface area contributed by atoms with Crippen molar-refractivity contribution >= 4 is 29.3 Å². The lowest BCUT2D eigenvalue weighted by atomic mass is 10.3. The molecule has 0 saturated heterocycles. The van der Waals surface area contributed by atoms with Crippen LogP contribution in [0.1, 0.15) is 6.92 Å². The fraction of sp³-hybridized carbons (Fsp3) is 0.300. The molecule has 0 fully saturated rings. The van der Waals surface area contributed by atoms with Gasteiger partial charge < -0.3 is 9.84 Å². The highest BCUT2D eigenvalue weighted by Gasteiger charge is 2.15. The summed E-state index contributed by atoms with van der Waals surface area (Å²) in [6, 6.07) is 4.07. The summed E-state index contributed by atoms with van der Waals surface area (Å²) in [5.41, 5.74) is 0. The first-order valence-corrected chi connectivity index (χ1v) is 5.79. The maximum Gasteiger partial charge on any atom is 0.344 e. The monoisotopic (exact) mass is 282 g/mol. The summed E-state index contributed by atoms with van der Waals surface area (Å²) in [4.78, 5) is 10.8. The lowest BCUT2D eigenvalue weighted by molar-refractivity contribution is -0.144. The number of ether oxygens (including phenoxy) is 1. The highest BCUT2D eigenvalue weighted by molar-refractivity contribution is 7.99. The molecule has 94 valence electrons. The van der Waals surface area contributed by atoms with Gasteiger partial charge in [0.2, 0.25) is 0 Å². The summed E-state index contributed by atoms with van der Waals surface area (Å²) >= 11 is 6.14. The predicted molar refractivity (Wildman–Crippen MR) is 61.0 cm³/mol. The number of hydrogen-bond acceptors (Lipinski definition) is 3. The van der Waals surface area contributed by atoms with E-state index < -0.39 is 17.8 Å². The van der Waals surface area contributed by atoms with Gasteiger partial charge in [-0.1, -0.05) is 23.4 Å². The minimum absolute atomic E-state index is 0.101. The average Bonchev–Trinajstić information content (AvgIpc) is 2.20. The van der Waals surface area contributed by atoms with Crippen LogP contribution in [-0.2, 0) is 4.79 Å². The van der Waals surface area contributed by atoms with Gasteiger partial charge in [0.15, 0.2) is 6.10 Å². The second-order valence-electron chi connectivity index (χ2n) is 3.07. The van der Waals surface area contributed by atoms with Gasteiger partial charge in [-0.05, 0) is 25.1 Å². The average molecular weight is 283 g/mol. The molecule has 3 nitrogen and oxygen atoms in total. The molecule has 0 heterocycles. The second kappa shape index (κ2) is 6.07. The topological polar surface area (TPSA) is 46.5 Å². The highest BCUT2D eigenvalue weighted by atomic mass is 35.5. The number of benzene rings is 1. The third kappa shape index (κ3) is 4.40. The van der Waals surface area contributed by atoms with Gasteiger partial charge in [-0.15, -0.1) is 0 Å². The SMILES string of the molecule is CC(Oc1ccc(SC(F)F)cc1Cl)C(=O)O. The van der Waals surface area contributed by atoms with E-state index in [2.05, 4.69) is 0 Å². The molecule has 1 N–H and O–H groups in total. The minimum Gasteiger partial charge on any atom is -0.479 e. The molecule has 1 aromatic carbocycles. The van der Waals surface area contributed by atoms with E-state index in [0.29, 0.717) is 16.7 Å². The first-order chi connectivity index (χ1) is 7.90. The Morgan fingerprint density at radius 3 is 2.65 bits per heavy atom. The Kier molecular flexibility index (Phi) is 5.02. The zero-order valence-electron chi connectivity index (χ0n) is 8.69. The van der Waals surface area contributed by atoms with E-state index in [1.807, 2.05) is 0 Å². The fourth-order valence-electron chi connectivity index (χ4n) is 0.994. The summed E-state index contributed by atoms with van der Waals surface area (Å²) in [6.07, 6.45) is -1.05. The van der Waals surface area contributed by atoms with Crippen LogP contribution in [0.25, 0.3) is 0 Å². The van der Waals surface area contributed by atoms with E-state index in [1.165, 1.54) is 25.1 Å². The fourth-order valence-corrected chi connectivity index (χ4v) is 1.82. The Bertz CT molecular complexity index is 415. The molecule has 1 rings (SSSR count). The number of alkyl halides is 2. The number of carboxylic acid groups (broad SMARTS) is 1. The molecule has 0 aliphatic heterocycles. The van der Waals surface area contributed by atoms with Gasteiger partial charge in [0.1, 0.15) is 5.75 Å². The molecular weight excluding hydrogens is 274 g/mol. The molecule has 1 aromatic rings. The van der Waals surface area contributed by atoms with E-state index >= 15 is 0 Å². The highest BCUT2D eigenvalue weighted by Crippen LogP contribution is 2.33. The van der Waals surface area contributed by atoms with Gasteiger partial charge >= 0.3 is 5.97 Å². The van der Waals surface area contributed by atoms with Crippen molar-refractivity contribution in [3.63, 3.8) is 0 Å². The van der Waals surface area contributed by atoms with E-state index in [0.717, 1.165) is 0 Å². The van der Waals surface area contributed by atoms with Crippen molar-refractivity contribution in [3.8, 4) is 5.75 Å². The summed E-state index contributed by atoms with van der Waals surface area (Å²) in [7, 11) is 0. The molecule has 0 radical (unpaired) electrons. The third-order valence-electron chi connectivity index (χ3n) is 1.78. The van der Waals surface area contributed by atoms with Crippen LogP contribution in [0.4, 0.5) is 8.78 Å². The Balaban J connectivity index is 2.79. The summed E-state index contributed by atoms with van der Waals surface area (Å²) in [5, 5.41) is 8.74. The quantitative estimate of drug-likeness (QED) is 0.840. The summed E-state index contributed by atoms with van der Waals surface area (Å²) < 4.78 is 29.2. The largest absolute Gasteiger partial charge is 0.479 e. The van der Waals surface area contributed by atoms with E-state index in [1.54, 1.807) is 0 Å². The maximum atomic E-state index is 12.1. The lowest BCUT2D eigenvalue weighted by Crippen LogP contribution is -2.22. The van der Waals surface area contributed by atoms with Crippen LogP contribution < -0.4 is 4.74 Å². The predicted octanol–water partition coefficient (Wildman–Crippen LogP) is 3.51. The lowest BCUT2D eigenvalue weighted by Gasteiger charge is -2.12. The van der Waals surface area contributed by atoms with Crippen molar-refractivity contribution in [2.75, 3.05) is 0 Å². The number of carboxylic acids is 1. The first kappa shape index (κ1) is 14.1. The van der Waals surface area contributed by atoms with Crippen molar-refractivity contribution < 1.29 is 23.4 Å². The molecular formula is C10H9ClF2O3S. The van der Waals surface area contributed by atoms with E-state index in [-0.39, 0.29) is 10.8 Å². The molecule has 17 heavy (non-hydrogen) atoms. The standard InChI is InChI=1S/C10H9ClF2O3S/c1-5(9(14)15)16-8-3-2-6(4-7(8)11)17-10(12)13/h2-5,10H,1H3,(H,14,15). The number of hydrogen-bond donors (Lipinski definition) is 1. The van der Waals surface area contributed by atoms with Gasteiger partial charge in [0.05, 0.1) is 5.02 Å². The molecule has 0 aliphatic carbocycles. The minimum atomic E-state index is -2.53. The Morgan fingerprint density at radius 2 is 2.18 bits per heavy atom. The number of aliphatic carboxylic acids is 1. The normalized spacial score (nSPS) is 12.5. The zero-order valence-corrected chi connectivity index (χ0v) is 10.3. The Hall–Kier alpha value is -1.01. The Labute approximate surface area is 106 Å². The van der Waals surface area contributed by atoms with Crippen LogP contribution in [-0.4, -0.2) is 22.9 Å². The molecule has 1 unspecified atom stereocenters. The molecule has 0 aliphatic rings. The second-order valence-corrected chi connectivity index (χ2v) is 4.54. The molecule has 0 aromatic heterocycles. The number of thioether (sulfide) groups is 1. The Morgan fingerprint density at radius 1 is 1.53 bits per heavy atom. The van der Waals surface area contributed by atoms with Gasteiger partial charge in [-0.3, -0.25) is 0 Å². The van der Waals surface area contributed by atoms with Crippen molar-refractivity contribution in [1.29, 1.82) is 0 Å². The molecule has 7 heteroatoms. The maximum absolute atomic E-state index is 12.1. The van der Waals surface area contributed by atoms with Gasteiger partial charge in [0, 0.05) is 4.90 Å². The van der Waals surface area contributed by atoms with Crippen LogP contribution in [0.15, 0.2) is 23.1 Å². The number of carbonyl (C=O) groups is 1. The third-order valence-corrected chi connectivity index (χ3v) is 2.78. The molecule has 0 amide bonds. The molecule has 0 saturated carbocycles. The van der Waals surface area contributed by atoms with Crippen LogP contribution in [0, 0.1) is 0 Å². The number of rotatable bonds is 5. The zero-order chi connectivity index (χ0) is 13.0. The van der Waals surface area contributed by atoms with Gasteiger partial charge in [-0.25, -0.2) is 4.79 Å². The van der Waals surface area contributed by atoms with Crippen molar-refractivity contribution in [2.24, 2.45) is 0 Å². The van der Waals surface area contributed by atoms with E-state index in [4.69, 9.17) is 21.4 Å². The van der Waals surface area contributed by atoms with Crippen LogP contribution in [0.2, 0.25) is 5.02 Å². The summed E-state index contributed by atoms with van der Waals surface area (Å²) in [5.74, 6) is -3.51. The smallest absolute Gasteiger partial charge is 0.344 e. The van der Waals surface area contributed by atoms with Gasteiger partial charge in [-0.2, -0.15) is 8.78 Å². The molecule has 1 atom stereocenters.